The van der Waals surface area contributed by atoms with E-state index in [1.54, 1.807) is 24.4 Å². The second-order valence-electron chi connectivity index (χ2n) is 6.96. The molecule has 1 aromatic carbocycles. The monoisotopic (exact) mass is 513 g/mol. The molecule has 3 N–H and O–H groups in total. The van der Waals surface area contributed by atoms with Gasteiger partial charge < -0.3 is 15.4 Å². The Bertz CT molecular complexity index is 1180. The molecule has 0 radical (unpaired) electrons. The number of hydrogen-bond acceptors (Lipinski definition) is 3. The third-order valence-corrected chi connectivity index (χ3v) is 5.37. The van der Waals surface area contributed by atoms with Gasteiger partial charge in [0.2, 0.25) is 0 Å². The molecule has 0 saturated carbocycles. The molecular weight excluding hydrogens is 498 g/mol. The highest BCUT2D eigenvalue weighted by molar-refractivity contribution is 9.10. The maximum absolute atomic E-state index is 14.1. The summed E-state index contributed by atoms with van der Waals surface area (Å²) in [6.07, 6.45) is -2.70. The molecule has 3 aromatic rings. The van der Waals surface area contributed by atoms with Gasteiger partial charge in [0.1, 0.15) is 5.82 Å². The molecule has 32 heavy (non-hydrogen) atoms. The van der Waals surface area contributed by atoms with Crippen molar-refractivity contribution in [3.05, 3.63) is 64.1 Å². The van der Waals surface area contributed by atoms with E-state index < -0.39 is 12.1 Å². The van der Waals surface area contributed by atoms with Gasteiger partial charge in [0, 0.05) is 35.5 Å². The lowest BCUT2D eigenvalue weighted by Gasteiger charge is -2.19. The minimum atomic E-state index is -5.08. The van der Waals surface area contributed by atoms with Gasteiger partial charge in [-0.05, 0) is 47.1 Å². The Balaban J connectivity index is 0.000000360. The molecule has 0 fully saturated rings. The summed E-state index contributed by atoms with van der Waals surface area (Å²) in [7, 11) is 0. The number of carboxylic acid groups (broad SMARTS) is 1. The van der Waals surface area contributed by atoms with Crippen LogP contribution in [-0.2, 0) is 11.2 Å². The number of halogens is 5. The number of pyridine rings is 1. The summed E-state index contributed by atoms with van der Waals surface area (Å²) in [6.45, 7) is 1.97. The molecule has 168 valence electrons. The number of H-pyrrole nitrogens is 1. The standard InChI is InChI=1S/C19H15BrFN3O.C2HF3O2/c1-10-8-15-16(19(25)23-10)17(20)18(24-15)11-6-7-22-14(9-11)12-4-2-3-5-13(12)21;3-2(4,5)1(6)7/h2-7,9-10,24H,8H2,1H3,(H,23,25);(H,6,7). The lowest BCUT2D eigenvalue weighted by Crippen LogP contribution is -2.39. The maximum atomic E-state index is 14.1. The SMILES string of the molecule is CC1Cc2[nH]c(-c3ccnc(-c4ccccc4F)c3)c(Br)c2C(=O)N1.O=C(O)C(F)(F)F. The first-order valence-electron chi connectivity index (χ1n) is 9.21. The molecule has 11 heteroatoms. The number of fused-ring (bicyclic) bond motifs is 1. The molecule has 0 saturated heterocycles. The fraction of sp³-hybridized carbons (Fsp3) is 0.190. The Morgan fingerprint density at radius 2 is 1.91 bits per heavy atom. The number of nitrogens with one attached hydrogen (secondary N) is 2. The molecule has 1 unspecified atom stereocenters. The highest BCUT2D eigenvalue weighted by Crippen LogP contribution is 2.36. The second-order valence-corrected chi connectivity index (χ2v) is 7.75. The Morgan fingerprint density at radius 1 is 1.25 bits per heavy atom. The number of aromatic nitrogens is 2. The van der Waals surface area contributed by atoms with Crippen LogP contribution in [0.5, 0.6) is 0 Å². The summed E-state index contributed by atoms with van der Waals surface area (Å²) < 4.78 is 46.5. The molecule has 4 rings (SSSR count). The number of alkyl halides is 3. The average Bonchev–Trinajstić information content (AvgIpc) is 3.04. The van der Waals surface area contributed by atoms with Crippen molar-refractivity contribution in [1.29, 1.82) is 0 Å². The van der Waals surface area contributed by atoms with Gasteiger partial charge in [0.05, 0.1) is 21.4 Å². The maximum Gasteiger partial charge on any atom is 0.490 e. The van der Waals surface area contributed by atoms with E-state index in [1.165, 1.54) is 6.07 Å². The summed E-state index contributed by atoms with van der Waals surface area (Å²) in [4.78, 5) is 28.8. The number of rotatable bonds is 2. The van der Waals surface area contributed by atoms with E-state index in [-0.39, 0.29) is 17.8 Å². The van der Waals surface area contributed by atoms with Crippen LogP contribution in [0.2, 0.25) is 0 Å². The van der Waals surface area contributed by atoms with Gasteiger partial charge in [0.15, 0.2) is 0 Å². The number of amides is 1. The van der Waals surface area contributed by atoms with Crippen LogP contribution in [0, 0.1) is 5.82 Å². The van der Waals surface area contributed by atoms with E-state index in [1.807, 2.05) is 19.1 Å². The minimum Gasteiger partial charge on any atom is -0.475 e. The Kier molecular flexibility index (Phi) is 6.68. The molecule has 3 heterocycles. The highest BCUT2D eigenvalue weighted by atomic mass is 79.9. The second kappa shape index (κ2) is 9.11. The molecule has 6 nitrogen and oxygen atoms in total. The minimum absolute atomic E-state index is 0.0878. The molecule has 0 bridgehead atoms. The predicted molar refractivity (Wildman–Crippen MR) is 111 cm³/mol. The third kappa shape index (κ3) is 4.98. The van der Waals surface area contributed by atoms with E-state index >= 15 is 0 Å². The van der Waals surface area contributed by atoms with Crippen LogP contribution in [0.3, 0.4) is 0 Å². The Hall–Kier alpha value is -3.21. The van der Waals surface area contributed by atoms with Gasteiger partial charge in [-0.3, -0.25) is 9.78 Å². The number of carboxylic acids is 1. The number of benzene rings is 1. The van der Waals surface area contributed by atoms with Crippen molar-refractivity contribution < 1.29 is 32.3 Å². The van der Waals surface area contributed by atoms with E-state index in [0.717, 1.165) is 27.8 Å². The topological polar surface area (TPSA) is 95.1 Å². The molecular formula is C21H16BrF4N3O3. The lowest BCUT2D eigenvalue weighted by atomic mass is 10.0. The summed E-state index contributed by atoms with van der Waals surface area (Å²) >= 11 is 3.54. The van der Waals surface area contributed by atoms with Crippen molar-refractivity contribution in [2.45, 2.75) is 25.6 Å². The van der Waals surface area contributed by atoms with Crippen LogP contribution < -0.4 is 5.32 Å². The van der Waals surface area contributed by atoms with Gasteiger partial charge in [-0.15, -0.1) is 0 Å². The van der Waals surface area contributed by atoms with E-state index in [0.29, 0.717) is 16.8 Å². The molecule has 1 aliphatic rings. The third-order valence-electron chi connectivity index (χ3n) is 4.57. The van der Waals surface area contributed by atoms with Crippen LogP contribution in [0.4, 0.5) is 17.6 Å². The first kappa shape index (κ1) is 23.5. The lowest BCUT2D eigenvalue weighted by molar-refractivity contribution is -0.192. The summed E-state index contributed by atoms with van der Waals surface area (Å²) in [5.74, 6) is -3.16. The number of carbonyl (C=O) groups is 2. The van der Waals surface area contributed by atoms with Crippen LogP contribution in [0.15, 0.2) is 47.1 Å². The van der Waals surface area contributed by atoms with Gasteiger partial charge in [0.25, 0.3) is 5.91 Å². The largest absolute Gasteiger partial charge is 0.490 e. The molecule has 0 aliphatic carbocycles. The zero-order chi connectivity index (χ0) is 23.6. The van der Waals surface area contributed by atoms with Crippen molar-refractivity contribution in [1.82, 2.24) is 15.3 Å². The van der Waals surface area contributed by atoms with Crippen LogP contribution in [-0.4, -0.2) is 39.2 Å². The van der Waals surface area contributed by atoms with Gasteiger partial charge in [-0.25, -0.2) is 9.18 Å². The molecule has 1 amide bonds. The van der Waals surface area contributed by atoms with Gasteiger partial charge in [-0.1, -0.05) is 12.1 Å². The average molecular weight is 514 g/mol. The number of hydrogen-bond donors (Lipinski definition) is 3. The first-order valence-corrected chi connectivity index (χ1v) is 10.0. The quantitative estimate of drug-likeness (QED) is 0.422. The zero-order valence-electron chi connectivity index (χ0n) is 16.4. The smallest absolute Gasteiger partial charge is 0.475 e. The first-order chi connectivity index (χ1) is 15.0. The van der Waals surface area contributed by atoms with Crippen molar-refractivity contribution in [3.63, 3.8) is 0 Å². The van der Waals surface area contributed by atoms with Crippen molar-refractivity contribution in [2.24, 2.45) is 0 Å². The normalized spacial score (nSPS) is 15.3. The number of aromatic amines is 1. The highest BCUT2D eigenvalue weighted by Gasteiger charge is 2.38. The molecule has 1 atom stereocenters. The molecule has 2 aromatic heterocycles. The van der Waals surface area contributed by atoms with E-state index in [9.17, 15) is 22.4 Å². The van der Waals surface area contributed by atoms with Crippen LogP contribution in [0.25, 0.3) is 22.5 Å². The van der Waals surface area contributed by atoms with Crippen LogP contribution >= 0.6 is 15.9 Å². The van der Waals surface area contributed by atoms with Crippen molar-refractivity contribution >= 4 is 27.8 Å². The predicted octanol–water partition coefficient (Wildman–Crippen LogP) is 4.95. The number of nitrogens with zero attached hydrogens (tertiary/aromatic N) is 1. The summed E-state index contributed by atoms with van der Waals surface area (Å²) in [6, 6.07) is 10.3. The molecule has 0 spiro atoms. The van der Waals surface area contributed by atoms with E-state index in [2.05, 4.69) is 31.2 Å². The van der Waals surface area contributed by atoms with Gasteiger partial charge in [-0.2, -0.15) is 13.2 Å². The molecule has 1 aliphatic heterocycles. The summed E-state index contributed by atoms with van der Waals surface area (Å²) in [5, 5.41) is 10.1. The van der Waals surface area contributed by atoms with Crippen LogP contribution in [0.1, 0.15) is 23.0 Å². The fourth-order valence-electron chi connectivity index (χ4n) is 3.17. The number of aliphatic carboxylic acids is 1. The Morgan fingerprint density at radius 3 is 2.53 bits per heavy atom. The van der Waals surface area contributed by atoms with Gasteiger partial charge >= 0.3 is 12.1 Å². The number of carbonyl (C=O) groups excluding carboxylic acids is 1. The summed E-state index contributed by atoms with van der Waals surface area (Å²) in [5.41, 5.74) is 4.18. The zero-order valence-corrected chi connectivity index (χ0v) is 18.0. The van der Waals surface area contributed by atoms with Crippen molar-refractivity contribution in [2.75, 3.05) is 0 Å². The Labute approximate surface area is 187 Å². The van der Waals surface area contributed by atoms with Crippen molar-refractivity contribution in [3.8, 4) is 22.5 Å². The fourth-order valence-corrected chi connectivity index (χ4v) is 3.92. The van der Waals surface area contributed by atoms with E-state index in [4.69, 9.17) is 9.90 Å².